The third-order valence-electron chi connectivity index (χ3n) is 2.06. The van der Waals surface area contributed by atoms with Gasteiger partial charge in [-0.3, -0.25) is 0 Å². The first kappa shape index (κ1) is 10.2. The predicted octanol–water partition coefficient (Wildman–Crippen LogP) is 2.60. The average molecular weight is 218 g/mol. The van der Waals surface area contributed by atoms with Gasteiger partial charge in [-0.1, -0.05) is 18.2 Å². The van der Waals surface area contributed by atoms with Crippen molar-refractivity contribution in [3.63, 3.8) is 0 Å². The average Bonchev–Trinajstić information content (AvgIpc) is 2.31. The first-order chi connectivity index (χ1) is 7.68. The van der Waals surface area contributed by atoms with E-state index in [-0.39, 0.29) is 5.75 Å². The zero-order chi connectivity index (χ0) is 11.5. The highest BCUT2D eigenvalue weighted by molar-refractivity contribution is 5.57. The second-order valence-electron chi connectivity index (χ2n) is 3.20. The van der Waals surface area contributed by atoms with Gasteiger partial charge in [0, 0.05) is 0 Å². The first-order valence-electron chi connectivity index (χ1n) is 4.65. The van der Waals surface area contributed by atoms with Crippen molar-refractivity contribution in [1.82, 2.24) is 0 Å². The van der Waals surface area contributed by atoms with Crippen LogP contribution in [0.25, 0.3) is 0 Å². The number of ether oxygens (including phenoxy) is 1. The molecule has 0 aliphatic rings. The summed E-state index contributed by atoms with van der Waals surface area (Å²) in [4.78, 5) is 0. The van der Waals surface area contributed by atoms with Gasteiger partial charge >= 0.3 is 0 Å². The summed E-state index contributed by atoms with van der Waals surface area (Å²) in [6, 6.07) is 11.4. The molecule has 0 heterocycles. The minimum atomic E-state index is -0.589. The molecule has 0 saturated carbocycles. The smallest absolute Gasteiger partial charge is 0.205 e. The van der Waals surface area contributed by atoms with Crippen LogP contribution in [0.1, 0.15) is 0 Å². The maximum Gasteiger partial charge on any atom is 0.205 e. The Morgan fingerprint density at radius 3 is 2.12 bits per heavy atom. The molecule has 0 amide bonds. The monoisotopic (exact) mass is 218 g/mol. The van der Waals surface area contributed by atoms with Crippen LogP contribution in [0.5, 0.6) is 28.7 Å². The van der Waals surface area contributed by atoms with E-state index in [9.17, 15) is 10.2 Å². The van der Waals surface area contributed by atoms with Crippen LogP contribution in [-0.4, -0.2) is 15.3 Å². The number of aromatic hydroxyl groups is 3. The van der Waals surface area contributed by atoms with Gasteiger partial charge in [-0.05, 0) is 24.3 Å². The Kier molecular flexibility index (Phi) is 2.55. The van der Waals surface area contributed by atoms with Crippen LogP contribution in [0.3, 0.4) is 0 Å². The molecule has 0 fully saturated rings. The highest BCUT2D eigenvalue weighted by atomic mass is 16.5. The van der Waals surface area contributed by atoms with Gasteiger partial charge in [-0.2, -0.15) is 0 Å². The fourth-order valence-corrected chi connectivity index (χ4v) is 1.25. The molecule has 2 aromatic rings. The van der Waals surface area contributed by atoms with Gasteiger partial charge in [0.2, 0.25) is 11.5 Å². The molecule has 16 heavy (non-hydrogen) atoms. The van der Waals surface area contributed by atoms with Crippen molar-refractivity contribution < 1.29 is 20.1 Å². The SMILES string of the molecule is Oc1ccc(Oc2ccccc2)c(O)c1O. The maximum atomic E-state index is 9.50. The Morgan fingerprint density at radius 2 is 1.44 bits per heavy atom. The van der Waals surface area contributed by atoms with Gasteiger partial charge in [0.15, 0.2) is 11.5 Å². The summed E-state index contributed by atoms with van der Waals surface area (Å²) < 4.78 is 5.32. The van der Waals surface area contributed by atoms with Gasteiger partial charge in [-0.25, -0.2) is 0 Å². The van der Waals surface area contributed by atoms with Crippen molar-refractivity contribution in [1.29, 1.82) is 0 Å². The summed E-state index contributed by atoms with van der Waals surface area (Å²) in [7, 11) is 0. The number of benzene rings is 2. The van der Waals surface area contributed by atoms with E-state index in [2.05, 4.69) is 0 Å². The molecule has 4 heteroatoms. The molecule has 0 aliphatic heterocycles. The van der Waals surface area contributed by atoms with Crippen LogP contribution >= 0.6 is 0 Å². The molecular weight excluding hydrogens is 208 g/mol. The molecule has 0 aliphatic carbocycles. The second kappa shape index (κ2) is 4.02. The largest absolute Gasteiger partial charge is 0.504 e. The molecular formula is C12H10O4. The van der Waals surface area contributed by atoms with Crippen molar-refractivity contribution >= 4 is 0 Å². The summed E-state index contributed by atoms with van der Waals surface area (Å²) in [6.45, 7) is 0. The van der Waals surface area contributed by atoms with Crippen LogP contribution in [-0.2, 0) is 0 Å². The zero-order valence-electron chi connectivity index (χ0n) is 8.29. The second-order valence-corrected chi connectivity index (χ2v) is 3.20. The standard InChI is InChI=1S/C12H10O4/c13-9-6-7-10(12(15)11(9)14)16-8-4-2-1-3-5-8/h1-7,13-15H. The minimum absolute atomic E-state index is 0.0847. The number of hydrogen-bond acceptors (Lipinski definition) is 4. The van der Waals surface area contributed by atoms with Crippen molar-refractivity contribution in [3.8, 4) is 28.7 Å². The Bertz CT molecular complexity index is 494. The third kappa shape index (κ3) is 1.86. The fraction of sp³-hybridized carbons (Fsp3) is 0. The first-order valence-corrected chi connectivity index (χ1v) is 4.65. The van der Waals surface area contributed by atoms with E-state index in [0.29, 0.717) is 5.75 Å². The van der Waals surface area contributed by atoms with Crippen molar-refractivity contribution in [3.05, 3.63) is 42.5 Å². The Labute approximate surface area is 92.0 Å². The molecule has 3 N–H and O–H groups in total. The molecule has 0 atom stereocenters. The highest BCUT2D eigenvalue weighted by Crippen LogP contribution is 2.43. The van der Waals surface area contributed by atoms with E-state index in [1.165, 1.54) is 12.1 Å². The van der Waals surface area contributed by atoms with Crippen LogP contribution in [0.15, 0.2) is 42.5 Å². The van der Waals surface area contributed by atoms with E-state index < -0.39 is 17.2 Å². The number of rotatable bonds is 2. The van der Waals surface area contributed by atoms with E-state index >= 15 is 0 Å². The van der Waals surface area contributed by atoms with E-state index in [1.54, 1.807) is 24.3 Å². The molecule has 2 aromatic carbocycles. The van der Waals surface area contributed by atoms with Crippen molar-refractivity contribution in [2.75, 3.05) is 0 Å². The van der Waals surface area contributed by atoms with Crippen molar-refractivity contribution in [2.24, 2.45) is 0 Å². The lowest BCUT2D eigenvalue weighted by Crippen LogP contribution is -1.84. The third-order valence-corrected chi connectivity index (χ3v) is 2.06. The van der Waals surface area contributed by atoms with Crippen LogP contribution < -0.4 is 4.74 Å². The lowest BCUT2D eigenvalue weighted by atomic mass is 10.2. The lowest BCUT2D eigenvalue weighted by molar-refractivity contribution is 0.349. The molecule has 0 bridgehead atoms. The van der Waals surface area contributed by atoms with Crippen LogP contribution in [0, 0.1) is 0 Å². The number of hydrogen-bond donors (Lipinski definition) is 3. The molecule has 0 radical (unpaired) electrons. The molecule has 0 saturated heterocycles. The van der Waals surface area contributed by atoms with Gasteiger partial charge in [0.05, 0.1) is 0 Å². The summed E-state index contributed by atoms with van der Waals surface area (Å²) >= 11 is 0. The number of para-hydroxylation sites is 1. The molecule has 82 valence electrons. The van der Waals surface area contributed by atoms with Crippen molar-refractivity contribution in [2.45, 2.75) is 0 Å². The topological polar surface area (TPSA) is 69.9 Å². The maximum absolute atomic E-state index is 9.50. The zero-order valence-corrected chi connectivity index (χ0v) is 8.29. The fourth-order valence-electron chi connectivity index (χ4n) is 1.25. The summed E-state index contributed by atoms with van der Waals surface area (Å²) in [5.74, 6) is -0.848. The van der Waals surface area contributed by atoms with Gasteiger partial charge < -0.3 is 20.1 Å². The highest BCUT2D eigenvalue weighted by Gasteiger charge is 2.12. The normalized spacial score (nSPS) is 10.0. The van der Waals surface area contributed by atoms with E-state index in [1.807, 2.05) is 6.07 Å². The van der Waals surface area contributed by atoms with E-state index in [0.717, 1.165) is 0 Å². The van der Waals surface area contributed by atoms with Gasteiger partial charge in [0.1, 0.15) is 5.75 Å². The summed E-state index contributed by atoms with van der Waals surface area (Å²) in [5, 5.41) is 27.9. The minimum Gasteiger partial charge on any atom is -0.504 e. The molecule has 4 nitrogen and oxygen atoms in total. The quantitative estimate of drug-likeness (QED) is 0.677. The molecule has 0 unspecified atom stereocenters. The Hall–Kier alpha value is -2.36. The number of phenols is 3. The van der Waals surface area contributed by atoms with E-state index in [4.69, 9.17) is 9.84 Å². The number of phenolic OH excluding ortho intramolecular Hbond substituents is 3. The van der Waals surface area contributed by atoms with Crippen LogP contribution in [0.4, 0.5) is 0 Å². The lowest BCUT2D eigenvalue weighted by Gasteiger charge is -2.08. The Morgan fingerprint density at radius 1 is 0.750 bits per heavy atom. The summed E-state index contributed by atoms with van der Waals surface area (Å²) in [6.07, 6.45) is 0. The Balaban J connectivity index is 2.33. The molecule has 0 spiro atoms. The van der Waals surface area contributed by atoms with Gasteiger partial charge in [-0.15, -0.1) is 0 Å². The molecule has 2 rings (SSSR count). The van der Waals surface area contributed by atoms with Gasteiger partial charge in [0.25, 0.3) is 0 Å². The predicted molar refractivity (Wildman–Crippen MR) is 58.0 cm³/mol. The molecule has 0 aromatic heterocycles. The summed E-state index contributed by atoms with van der Waals surface area (Å²) in [5.41, 5.74) is 0. The van der Waals surface area contributed by atoms with Crippen LogP contribution in [0.2, 0.25) is 0 Å².